The molecule has 1 heteroatoms. The topological polar surface area (TPSA) is 4.93 Å². The van der Waals surface area contributed by atoms with E-state index in [-0.39, 0.29) is 0 Å². The van der Waals surface area contributed by atoms with Gasteiger partial charge >= 0.3 is 0 Å². The molecule has 0 aliphatic heterocycles. The van der Waals surface area contributed by atoms with Gasteiger partial charge in [-0.05, 0) is 22.2 Å². The van der Waals surface area contributed by atoms with E-state index >= 15 is 0 Å². The van der Waals surface area contributed by atoms with Gasteiger partial charge in [-0.3, -0.25) is 0 Å². The molecule has 0 aliphatic rings. The van der Waals surface area contributed by atoms with Gasteiger partial charge in [-0.1, -0.05) is 66.7 Å². The Hall–Kier alpha value is -2.80. The average molecular weight is 281 g/mol. The molecule has 0 N–H and O–H groups in total. The minimum Gasteiger partial charge on any atom is -0.343 e. The monoisotopic (exact) mass is 281 g/mol. The molecule has 1 heterocycles. The van der Waals surface area contributed by atoms with Crippen LogP contribution in [0.3, 0.4) is 0 Å². The number of para-hydroxylation sites is 1. The second-order valence-corrected chi connectivity index (χ2v) is 5.89. The Morgan fingerprint density at radius 1 is 0.545 bits per heavy atom. The highest BCUT2D eigenvalue weighted by Crippen LogP contribution is 2.39. The van der Waals surface area contributed by atoms with Gasteiger partial charge in [0.15, 0.2) is 0 Å². The Labute approximate surface area is 128 Å². The molecule has 0 radical (unpaired) electrons. The highest BCUT2D eigenvalue weighted by molar-refractivity contribution is 6.31. The molecule has 0 spiro atoms. The predicted octanol–water partition coefficient (Wildman–Crippen LogP) is 5.64. The van der Waals surface area contributed by atoms with E-state index in [0.29, 0.717) is 0 Å². The first kappa shape index (κ1) is 11.8. The van der Waals surface area contributed by atoms with Crippen molar-refractivity contribution >= 4 is 43.4 Å². The molecule has 0 saturated carbocycles. The minimum absolute atomic E-state index is 1.29. The lowest BCUT2D eigenvalue weighted by Crippen LogP contribution is -1.88. The van der Waals surface area contributed by atoms with E-state index in [1.807, 2.05) is 0 Å². The minimum atomic E-state index is 1.29. The molecule has 0 amide bonds. The molecule has 0 bridgehead atoms. The van der Waals surface area contributed by atoms with Crippen molar-refractivity contribution in [2.24, 2.45) is 7.05 Å². The molecule has 0 atom stereocenters. The van der Waals surface area contributed by atoms with E-state index in [0.717, 1.165) is 0 Å². The first-order valence-electron chi connectivity index (χ1n) is 7.63. The van der Waals surface area contributed by atoms with Gasteiger partial charge in [0, 0.05) is 28.7 Å². The number of rotatable bonds is 0. The van der Waals surface area contributed by atoms with Crippen LogP contribution in [0.2, 0.25) is 0 Å². The lowest BCUT2D eigenvalue weighted by atomic mass is 9.97. The van der Waals surface area contributed by atoms with Crippen molar-refractivity contribution < 1.29 is 0 Å². The molecular formula is C21H15N. The molecule has 0 aliphatic carbocycles. The summed E-state index contributed by atoms with van der Waals surface area (Å²) in [6, 6.07) is 26.2. The van der Waals surface area contributed by atoms with Crippen LogP contribution in [-0.4, -0.2) is 4.57 Å². The van der Waals surface area contributed by atoms with Crippen LogP contribution < -0.4 is 0 Å². The maximum absolute atomic E-state index is 2.33. The van der Waals surface area contributed by atoms with E-state index in [9.17, 15) is 0 Å². The van der Waals surface area contributed by atoms with Crippen molar-refractivity contribution in [3.05, 3.63) is 72.8 Å². The highest BCUT2D eigenvalue weighted by atomic mass is 14.9. The van der Waals surface area contributed by atoms with E-state index < -0.39 is 0 Å². The second kappa shape index (κ2) is 4.11. The van der Waals surface area contributed by atoms with Crippen molar-refractivity contribution in [3.63, 3.8) is 0 Å². The summed E-state index contributed by atoms with van der Waals surface area (Å²) in [6.45, 7) is 0. The van der Waals surface area contributed by atoms with Gasteiger partial charge in [-0.15, -0.1) is 0 Å². The third kappa shape index (κ3) is 1.33. The van der Waals surface area contributed by atoms with Gasteiger partial charge in [0.05, 0.1) is 5.52 Å². The van der Waals surface area contributed by atoms with Gasteiger partial charge in [-0.25, -0.2) is 0 Å². The zero-order valence-electron chi connectivity index (χ0n) is 12.4. The summed E-state index contributed by atoms with van der Waals surface area (Å²) in [5.41, 5.74) is 2.62. The number of fused-ring (bicyclic) bond motifs is 8. The molecule has 5 aromatic rings. The van der Waals surface area contributed by atoms with Gasteiger partial charge in [0.1, 0.15) is 0 Å². The number of hydrogen-bond acceptors (Lipinski definition) is 0. The average Bonchev–Trinajstić information content (AvgIpc) is 2.89. The van der Waals surface area contributed by atoms with Gasteiger partial charge in [0.25, 0.3) is 0 Å². The fraction of sp³-hybridized carbons (Fsp3) is 0.0476. The zero-order chi connectivity index (χ0) is 14.7. The molecular weight excluding hydrogens is 266 g/mol. The number of aryl methyl sites for hydroxylation is 1. The van der Waals surface area contributed by atoms with Crippen LogP contribution in [0.4, 0.5) is 0 Å². The van der Waals surface area contributed by atoms with E-state index in [1.165, 1.54) is 43.4 Å². The summed E-state index contributed by atoms with van der Waals surface area (Å²) >= 11 is 0. The summed E-state index contributed by atoms with van der Waals surface area (Å²) in [4.78, 5) is 0. The summed E-state index contributed by atoms with van der Waals surface area (Å²) in [6.07, 6.45) is 0. The van der Waals surface area contributed by atoms with Crippen molar-refractivity contribution in [2.45, 2.75) is 0 Å². The zero-order valence-corrected chi connectivity index (χ0v) is 12.4. The van der Waals surface area contributed by atoms with Gasteiger partial charge < -0.3 is 4.57 Å². The van der Waals surface area contributed by atoms with E-state index in [4.69, 9.17) is 0 Å². The standard InChI is InChI=1S/C21H15N/c1-22-19-13-7-6-12-18(19)20-16-10-4-2-8-14(16)15-9-3-5-11-17(15)21(20)22/h2-13H,1H3. The Balaban J connectivity index is 2.29. The van der Waals surface area contributed by atoms with Crippen molar-refractivity contribution in [1.29, 1.82) is 0 Å². The van der Waals surface area contributed by atoms with E-state index in [2.05, 4.69) is 84.4 Å². The van der Waals surface area contributed by atoms with Gasteiger partial charge in [0.2, 0.25) is 0 Å². The fourth-order valence-corrected chi connectivity index (χ4v) is 3.84. The smallest absolute Gasteiger partial charge is 0.0574 e. The third-order valence-corrected chi connectivity index (χ3v) is 4.78. The van der Waals surface area contributed by atoms with Crippen LogP contribution >= 0.6 is 0 Å². The highest BCUT2D eigenvalue weighted by Gasteiger charge is 2.14. The summed E-state index contributed by atoms with van der Waals surface area (Å²) < 4.78 is 2.33. The van der Waals surface area contributed by atoms with Gasteiger partial charge in [-0.2, -0.15) is 0 Å². The number of benzene rings is 4. The van der Waals surface area contributed by atoms with E-state index in [1.54, 1.807) is 0 Å². The maximum atomic E-state index is 2.33. The second-order valence-electron chi connectivity index (χ2n) is 5.89. The number of aromatic nitrogens is 1. The molecule has 104 valence electrons. The van der Waals surface area contributed by atoms with Crippen molar-refractivity contribution in [3.8, 4) is 0 Å². The predicted molar refractivity (Wildman–Crippen MR) is 95.4 cm³/mol. The normalized spacial score (nSPS) is 11.9. The maximum Gasteiger partial charge on any atom is 0.0574 e. The van der Waals surface area contributed by atoms with Crippen LogP contribution in [0.5, 0.6) is 0 Å². The Kier molecular flexibility index (Phi) is 2.21. The fourth-order valence-electron chi connectivity index (χ4n) is 3.84. The van der Waals surface area contributed by atoms with Crippen LogP contribution in [0.1, 0.15) is 0 Å². The van der Waals surface area contributed by atoms with Crippen LogP contribution in [-0.2, 0) is 7.05 Å². The first-order valence-corrected chi connectivity index (χ1v) is 7.63. The molecule has 1 nitrogen and oxygen atoms in total. The summed E-state index contributed by atoms with van der Waals surface area (Å²) in [7, 11) is 2.17. The lowest BCUT2D eigenvalue weighted by molar-refractivity contribution is 1.02. The molecule has 0 unspecified atom stereocenters. The molecule has 4 aromatic carbocycles. The molecule has 1 aromatic heterocycles. The lowest BCUT2D eigenvalue weighted by Gasteiger charge is -2.08. The molecule has 22 heavy (non-hydrogen) atoms. The quantitative estimate of drug-likeness (QED) is 0.324. The van der Waals surface area contributed by atoms with Crippen molar-refractivity contribution in [2.75, 3.05) is 0 Å². The van der Waals surface area contributed by atoms with Crippen LogP contribution in [0.25, 0.3) is 43.4 Å². The molecule has 5 rings (SSSR count). The van der Waals surface area contributed by atoms with Crippen molar-refractivity contribution in [1.82, 2.24) is 4.57 Å². The van der Waals surface area contributed by atoms with Crippen LogP contribution in [0, 0.1) is 0 Å². The Morgan fingerprint density at radius 3 is 1.77 bits per heavy atom. The summed E-state index contributed by atoms with van der Waals surface area (Å²) in [5.74, 6) is 0. The molecule has 0 fully saturated rings. The number of hydrogen-bond donors (Lipinski definition) is 0. The molecule has 0 saturated heterocycles. The summed E-state index contributed by atoms with van der Waals surface area (Å²) in [5, 5.41) is 8.04. The Morgan fingerprint density at radius 2 is 1.05 bits per heavy atom. The number of nitrogens with zero attached hydrogens (tertiary/aromatic N) is 1. The third-order valence-electron chi connectivity index (χ3n) is 4.78. The van der Waals surface area contributed by atoms with Crippen LogP contribution in [0.15, 0.2) is 72.8 Å². The largest absolute Gasteiger partial charge is 0.343 e. The Bertz CT molecular complexity index is 1180. The SMILES string of the molecule is Cn1c2ccccc2c2c3ccccc3c3ccccc3c21. The first-order chi connectivity index (χ1) is 10.9.